The lowest BCUT2D eigenvalue weighted by molar-refractivity contribution is 0.0940. The van der Waals surface area contributed by atoms with Gasteiger partial charge in [0.25, 0.3) is 5.91 Å². The molecule has 2 aromatic carbocycles. The highest BCUT2D eigenvalue weighted by atomic mass is 35.5. The number of hydrogen-bond acceptors (Lipinski definition) is 2. The lowest BCUT2D eigenvalue weighted by Crippen LogP contribution is -2.34. The molecule has 110 valence electrons. The van der Waals surface area contributed by atoms with Crippen molar-refractivity contribution >= 4 is 17.5 Å². The van der Waals surface area contributed by atoms with Crippen molar-refractivity contribution in [3.8, 4) is 0 Å². The molecule has 0 aromatic heterocycles. The van der Waals surface area contributed by atoms with Crippen LogP contribution in [-0.4, -0.2) is 11.9 Å². The minimum Gasteiger partial charge on any atom is -0.349 e. The zero-order valence-corrected chi connectivity index (χ0v) is 12.7. The fourth-order valence-corrected chi connectivity index (χ4v) is 2.25. The Bertz CT molecular complexity index is 593. The average Bonchev–Trinajstić information content (AvgIpc) is 2.49. The van der Waals surface area contributed by atoms with Crippen LogP contribution in [0.4, 0.5) is 0 Å². The molecular weight excluding hydrogens is 284 g/mol. The van der Waals surface area contributed by atoms with Crippen molar-refractivity contribution in [2.75, 3.05) is 0 Å². The van der Waals surface area contributed by atoms with E-state index in [0.717, 1.165) is 22.6 Å². The van der Waals surface area contributed by atoms with Gasteiger partial charge in [-0.05, 0) is 48.7 Å². The summed E-state index contributed by atoms with van der Waals surface area (Å²) < 4.78 is 0. The van der Waals surface area contributed by atoms with Gasteiger partial charge in [0.15, 0.2) is 0 Å². The third kappa shape index (κ3) is 4.59. The van der Waals surface area contributed by atoms with Gasteiger partial charge in [-0.25, -0.2) is 0 Å². The van der Waals surface area contributed by atoms with Crippen molar-refractivity contribution in [1.29, 1.82) is 0 Å². The third-order valence-electron chi connectivity index (χ3n) is 3.28. The van der Waals surface area contributed by atoms with Crippen molar-refractivity contribution in [3.63, 3.8) is 0 Å². The first-order chi connectivity index (χ1) is 10.1. The van der Waals surface area contributed by atoms with E-state index in [1.807, 2.05) is 43.3 Å². The molecule has 0 spiro atoms. The molecular formula is C17H19ClN2O. The highest BCUT2D eigenvalue weighted by Gasteiger charge is 2.10. The van der Waals surface area contributed by atoms with E-state index in [1.54, 1.807) is 12.1 Å². The molecule has 3 nitrogen and oxygen atoms in total. The zero-order valence-electron chi connectivity index (χ0n) is 12.0. The first kappa shape index (κ1) is 15.5. The van der Waals surface area contributed by atoms with Gasteiger partial charge >= 0.3 is 0 Å². The van der Waals surface area contributed by atoms with Gasteiger partial charge in [-0.3, -0.25) is 4.79 Å². The second-order valence-electron chi connectivity index (χ2n) is 5.11. The largest absolute Gasteiger partial charge is 0.349 e. The van der Waals surface area contributed by atoms with Gasteiger partial charge in [0.1, 0.15) is 0 Å². The van der Waals surface area contributed by atoms with Gasteiger partial charge in [0, 0.05) is 23.2 Å². The Balaban J connectivity index is 1.93. The summed E-state index contributed by atoms with van der Waals surface area (Å²) in [6, 6.07) is 15.1. The van der Waals surface area contributed by atoms with E-state index in [0.29, 0.717) is 12.1 Å². The molecule has 3 N–H and O–H groups in total. The first-order valence-corrected chi connectivity index (χ1v) is 7.30. The number of benzene rings is 2. The second-order valence-corrected chi connectivity index (χ2v) is 5.54. The minimum atomic E-state index is -0.0694. The summed E-state index contributed by atoms with van der Waals surface area (Å²) in [6.07, 6.45) is 0.768. The van der Waals surface area contributed by atoms with Crippen LogP contribution in [0.2, 0.25) is 5.02 Å². The fraction of sp³-hybridized carbons (Fsp3) is 0.235. The summed E-state index contributed by atoms with van der Waals surface area (Å²) in [7, 11) is 0. The Morgan fingerprint density at radius 3 is 2.24 bits per heavy atom. The van der Waals surface area contributed by atoms with E-state index in [4.69, 9.17) is 17.3 Å². The summed E-state index contributed by atoms with van der Waals surface area (Å²) in [5.74, 6) is -0.0694. The molecule has 0 aliphatic carbocycles. The van der Waals surface area contributed by atoms with Crippen molar-refractivity contribution in [2.24, 2.45) is 5.73 Å². The fourth-order valence-electron chi connectivity index (χ4n) is 2.12. The maximum absolute atomic E-state index is 12.1. The number of nitrogens with one attached hydrogen (secondary N) is 1. The van der Waals surface area contributed by atoms with Crippen LogP contribution in [-0.2, 0) is 13.0 Å². The Labute approximate surface area is 130 Å². The number of halogens is 1. The maximum atomic E-state index is 12.1. The Morgan fingerprint density at radius 1 is 1.10 bits per heavy atom. The van der Waals surface area contributed by atoms with Gasteiger partial charge < -0.3 is 11.1 Å². The van der Waals surface area contributed by atoms with Crippen molar-refractivity contribution < 1.29 is 4.79 Å². The normalized spacial score (nSPS) is 12.0. The van der Waals surface area contributed by atoms with Crippen LogP contribution in [0.15, 0.2) is 48.5 Å². The van der Waals surface area contributed by atoms with Gasteiger partial charge in [0.05, 0.1) is 0 Å². The second kappa shape index (κ2) is 7.25. The van der Waals surface area contributed by atoms with Crippen LogP contribution >= 0.6 is 11.6 Å². The molecule has 0 heterocycles. The van der Waals surface area contributed by atoms with Crippen molar-refractivity contribution in [3.05, 3.63) is 70.2 Å². The highest BCUT2D eigenvalue weighted by molar-refractivity contribution is 6.30. The number of nitrogens with two attached hydrogens (primary N) is 1. The molecule has 1 unspecified atom stereocenters. The number of carbonyl (C=O) groups is 1. The zero-order chi connectivity index (χ0) is 15.2. The minimum absolute atomic E-state index is 0.0489. The monoisotopic (exact) mass is 302 g/mol. The third-order valence-corrected chi connectivity index (χ3v) is 3.54. The molecule has 2 aromatic rings. The molecule has 0 fully saturated rings. The molecule has 1 amide bonds. The molecule has 21 heavy (non-hydrogen) atoms. The SMILES string of the molecule is CC(Cc1ccc(Cl)cc1)NC(=O)c1ccc(CN)cc1. The molecule has 4 heteroatoms. The van der Waals surface area contributed by atoms with Crippen LogP contribution in [0.25, 0.3) is 0 Å². The summed E-state index contributed by atoms with van der Waals surface area (Å²) in [4.78, 5) is 12.1. The van der Waals surface area contributed by atoms with Crippen LogP contribution in [0, 0.1) is 0 Å². The first-order valence-electron chi connectivity index (χ1n) is 6.93. The van der Waals surface area contributed by atoms with Gasteiger partial charge in [-0.1, -0.05) is 35.9 Å². The highest BCUT2D eigenvalue weighted by Crippen LogP contribution is 2.11. The molecule has 0 saturated heterocycles. The van der Waals surface area contributed by atoms with Gasteiger partial charge in [-0.15, -0.1) is 0 Å². The van der Waals surface area contributed by atoms with Crippen LogP contribution < -0.4 is 11.1 Å². The average molecular weight is 303 g/mol. The van der Waals surface area contributed by atoms with Crippen LogP contribution in [0.5, 0.6) is 0 Å². The molecule has 1 atom stereocenters. The maximum Gasteiger partial charge on any atom is 0.251 e. The quantitative estimate of drug-likeness (QED) is 0.891. The number of amides is 1. The Kier molecular flexibility index (Phi) is 5.37. The van der Waals surface area contributed by atoms with Crippen molar-refractivity contribution in [1.82, 2.24) is 5.32 Å². The molecule has 0 bridgehead atoms. The predicted octanol–water partition coefficient (Wildman–Crippen LogP) is 3.16. The standard InChI is InChI=1S/C17H19ClN2O/c1-12(10-13-4-8-16(18)9-5-13)20-17(21)15-6-2-14(11-19)3-7-15/h2-9,12H,10-11,19H2,1H3,(H,20,21). The van der Waals surface area contributed by atoms with Crippen LogP contribution in [0.3, 0.4) is 0 Å². The molecule has 0 aliphatic rings. The molecule has 0 aliphatic heterocycles. The van der Waals surface area contributed by atoms with Gasteiger partial charge in [0.2, 0.25) is 0 Å². The van der Waals surface area contributed by atoms with Crippen molar-refractivity contribution in [2.45, 2.75) is 25.9 Å². The summed E-state index contributed by atoms with van der Waals surface area (Å²) >= 11 is 5.86. The molecule has 0 saturated carbocycles. The predicted molar refractivity (Wildman–Crippen MR) is 86.4 cm³/mol. The number of hydrogen-bond donors (Lipinski definition) is 2. The summed E-state index contributed by atoms with van der Waals surface area (Å²) in [5.41, 5.74) is 8.35. The summed E-state index contributed by atoms with van der Waals surface area (Å²) in [6.45, 7) is 2.47. The summed E-state index contributed by atoms with van der Waals surface area (Å²) in [5, 5.41) is 3.71. The lowest BCUT2D eigenvalue weighted by Gasteiger charge is -2.14. The number of carbonyl (C=O) groups excluding carboxylic acids is 1. The van der Waals surface area contributed by atoms with E-state index in [-0.39, 0.29) is 11.9 Å². The number of rotatable bonds is 5. The Morgan fingerprint density at radius 2 is 1.67 bits per heavy atom. The molecule has 0 radical (unpaired) electrons. The topological polar surface area (TPSA) is 55.1 Å². The van der Waals surface area contributed by atoms with E-state index in [9.17, 15) is 4.79 Å². The van der Waals surface area contributed by atoms with E-state index in [2.05, 4.69) is 5.32 Å². The Hall–Kier alpha value is -1.84. The van der Waals surface area contributed by atoms with E-state index < -0.39 is 0 Å². The van der Waals surface area contributed by atoms with Gasteiger partial charge in [-0.2, -0.15) is 0 Å². The van der Waals surface area contributed by atoms with E-state index in [1.165, 1.54) is 0 Å². The molecule has 2 rings (SSSR count). The van der Waals surface area contributed by atoms with E-state index >= 15 is 0 Å². The smallest absolute Gasteiger partial charge is 0.251 e. The lowest BCUT2D eigenvalue weighted by atomic mass is 10.1. The van der Waals surface area contributed by atoms with Crippen LogP contribution in [0.1, 0.15) is 28.4 Å².